The summed E-state index contributed by atoms with van der Waals surface area (Å²) in [6, 6.07) is 15.4. The highest BCUT2D eigenvalue weighted by Gasteiger charge is 2.08. The molecule has 25 heavy (non-hydrogen) atoms. The van der Waals surface area contributed by atoms with Gasteiger partial charge in [0.2, 0.25) is 0 Å². The molecule has 0 saturated carbocycles. The van der Waals surface area contributed by atoms with Crippen LogP contribution >= 0.6 is 0 Å². The molecule has 2 heterocycles. The van der Waals surface area contributed by atoms with Crippen molar-refractivity contribution in [3.8, 4) is 17.1 Å². The summed E-state index contributed by atoms with van der Waals surface area (Å²) in [6.45, 7) is 0.396. The fourth-order valence-corrected chi connectivity index (χ4v) is 2.64. The predicted octanol–water partition coefficient (Wildman–Crippen LogP) is 3.19. The molecular formula is C19H17N5O. The Hall–Kier alpha value is -3.41. The van der Waals surface area contributed by atoms with E-state index in [9.17, 15) is 0 Å². The minimum absolute atomic E-state index is 0.396. The van der Waals surface area contributed by atoms with Crippen molar-refractivity contribution >= 4 is 16.7 Å². The number of rotatable bonds is 4. The fourth-order valence-electron chi connectivity index (χ4n) is 2.64. The lowest BCUT2D eigenvalue weighted by Crippen LogP contribution is -2.03. The molecule has 6 heteroatoms. The lowest BCUT2D eigenvalue weighted by molar-refractivity contribution is 0.292. The third kappa shape index (κ3) is 3.01. The second kappa shape index (κ2) is 6.24. The Morgan fingerprint density at radius 1 is 1.08 bits per heavy atom. The standard InChI is InChI=1S/C19H17N5O/c1-24-10-9-21-17(24)12-25-14-6-4-5-13(11-14)19-22-16-8-3-2-7-15(16)18(20)23-19/h2-11H,12H2,1H3,(H2,20,22,23). The number of fused-ring (bicyclic) bond motifs is 1. The zero-order valence-electron chi connectivity index (χ0n) is 13.8. The highest BCUT2D eigenvalue weighted by molar-refractivity contribution is 5.89. The maximum atomic E-state index is 6.08. The van der Waals surface area contributed by atoms with Crippen molar-refractivity contribution < 1.29 is 4.74 Å². The van der Waals surface area contributed by atoms with Gasteiger partial charge in [-0.1, -0.05) is 24.3 Å². The molecule has 0 spiro atoms. The first kappa shape index (κ1) is 15.1. The SMILES string of the molecule is Cn1ccnc1COc1cccc(-c2nc(N)c3ccccc3n2)c1. The molecule has 0 atom stereocenters. The summed E-state index contributed by atoms with van der Waals surface area (Å²) >= 11 is 0. The monoisotopic (exact) mass is 331 g/mol. The van der Waals surface area contributed by atoms with Crippen LogP contribution in [0.5, 0.6) is 5.75 Å². The summed E-state index contributed by atoms with van der Waals surface area (Å²) in [7, 11) is 1.94. The first-order chi connectivity index (χ1) is 12.2. The number of hydrogen-bond donors (Lipinski definition) is 1. The quantitative estimate of drug-likeness (QED) is 0.621. The molecule has 0 unspecified atom stereocenters. The maximum absolute atomic E-state index is 6.08. The summed E-state index contributed by atoms with van der Waals surface area (Å²) in [4.78, 5) is 13.3. The topological polar surface area (TPSA) is 78.8 Å². The van der Waals surface area contributed by atoms with E-state index < -0.39 is 0 Å². The second-order valence-corrected chi connectivity index (χ2v) is 5.72. The number of aromatic nitrogens is 4. The summed E-state index contributed by atoms with van der Waals surface area (Å²) in [5.74, 6) is 2.64. The van der Waals surface area contributed by atoms with Crippen molar-refractivity contribution in [3.63, 3.8) is 0 Å². The average Bonchev–Trinajstić information content (AvgIpc) is 3.05. The second-order valence-electron chi connectivity index (χ2n) is 5.72. The van der Waals surface area contributed by atoms with E-state index in [2.05, 4.69) is 15.0 Å². The smallest absolute Gasteiger partial charge is 0.162 e. The van der Waals surface area contributed by atoms with Gasteiger partial charge in [-0.05, 0) is 24.3 Å². The van der Waals surface area contributed by atoms with Crippen molar-refractivity contribution in [2.24, 2.45) is 7.05 Å². The Kier molecular flexibility index (Phi) is 3.78. The van der Waals surface area contributed by atoms with E-state index in [1.54, 1.807) is 6.20 Å². The summed E-state index contributed by atoms with van der Waals surface area (Å²) < 4.78 is 7.77. The molecule has 2 aromatic heterocycles. The van der Waals surface area contributed by atoms with Gasteiger partial charge in [0.05, 0.1) is 5.52 Å². The Labute approximate surface area is 144 Å². The van der Waals surface area contributed by atoms with Crippen LogP contribution < -0.4 is 10.5 Å². The minimum atomic E-state index is 0.396. The third-order valence-corrected chi connectivity index (χ3v) is 4.01. The van der Waals surface area contributed by atoms with Crippen molar-refractivity contribution in [2.45, 2.75) is 6.61 Å². The van der Waals surface area contributed by atoms with Crippen LogP contribution in [-0.2, 0) is 13.7 Å². The van der Waals surface area contributed by atoms with Crippen molar-refractivity contribution in [2.75, 3.05) is 5.73 Å². The van der Waals surface area contributed by atoms with Gasteiger partial charge in [-0.25, -0.2) is 15.0 Å². The number of hydrogen-bond acceptors (Lipinski definition) is 5. The third-order valence-electron chi connectivity index (χ3n) is 4.01. The molecule has 0 aliphatic heterocycles. The molecule has 0 fully saturated rings. The zero-order chi connectivity index (χ0) is 17.2. The highest BCUT2D eigenvalue weighted by Crippen LogP contribution is 2.25. The van der Waals surface area contributed by atoms with E-state index in [0.29, 0.717) is 18.2 Å². The van der Waals surface area contributed by atoms with Crippen LogP contribution in [0.3, 0.4) is 0 Å². The van der Waals surface area contributed by atoms with Crippen LogP contribution in [0.2, 0.25) is 0 Å². The molecule has 124 valence electrons. The molecule has 6 nitrogen and oxygen atoms in total. The van der Waals surface area contributed by atoms with Crippen molar-refractivity contribution in [3.05, 3.63) is 66.7 Å². The summed E-state index contributed by atoms with van der Waals surface area (Å²) in [5, 5.41) is 0.855. The van der Waals surface area contributed by atoms with Crippen LogP contribution in [0.1, 0.15) is 5.82 Å². The molecule has 4 rings (SSSR count). The average molecular weight is 331 g/mol. The van der Waals surface area contributed by atoms with E-state index in [4.69, 9.17) is 10.5 Å². The predicted molar refractivity (Wildman–Crippen MR) is 96.9 cm³/mol. The largest absolute Gasteiger partial charge is 0.486 e. The van der Waals surface area contributed by atoms with Gasteiger partial charge >= 0.3 is 0 Å². The number of imidazole rings is 1. The van der Waals surface area contributed by atoms with Gasteiger partial charge in [-0.2, -0.15) is 0 Å². The van der Waals surface area contributed by atoms with Crippen molar-refractivity contribution in [1.29, 1.82) is 0 Å². The maximum Gasteiger partial charge on any atom is 0.162 e. The van der Waals surface area contributed by atoms with Gasteiger partial charge in [0.15, 0.2) is 5.82 Å². The van der Waals surface area contributed by atoms with Crippen LogP contribution in [0.4, 0.5) is 5.82 Å². The Balaban J connectivity index is 1.64. The van der Waals surface area contributed by atoms with E-state index >= 15 is 0 Å². The normalized spacial score (nSPS) is 10.9. The molecule has 0 aliphatic carbocycles. The van der Waals surface area contributed by atoms with E-state index in [1.165, 1.54) is 0 Å². The highest BCUT2D eigenvalue weighted by atomic mass is 16.5. The summed E-state index contributed by atoms with van der Waals surface area (Å²) in [6.07, 6.45) is 3.64. The van der Waals surface area contributed by atoms with Gasteiger partial charge in [0.25, 0.3) is 0 Å². The molecule has 2 aromatic carbocycles. The lowest BCUT2D eigenvalue weighted by Gasteiger charge is -2.09. The van der Waals surface area contributed by atoms with Gasteiger partial charge in [0, 0.05) is 30.4 Å². The minimum Gasteiger partial charge on any atom is -0.486 e. The van der Waals surface area contributed by atoms with Crippen LogP contribution in [0, 0.1) is 0 Å². The molecule has 4 aromatic rings. The molecule has 0 aliphatic rings. The molecule has 0 amide bonds. The van der Waals surface area contributed by atoms with Gasteiger partial charge in [-0.15, -0.1) is 0 Å². The van der Waals surface area contributed by atoms with E-state index in [-0.39, 0.29) is 0 Å². The zero-order valence-corrected chi connectivity index (χ0v) is 13.8. The van der Waals surface area contributed by atoms with Gasteiger partial charge < -0.3 is 15.0 Å². The Bertz CT molecular complexity index is 1040. The number of ether oxygens (including phenoxy) is 1. The van der Waals surface area contributed by atoms with E-state index in [0.717, 1.165) is 28.0 Å². The first-order valence-corrected chi connectivity index (χ1v) is 7.92. The lowest BCUT2D eigenvalue weighted by atomic mass is 10.1. The number of aryl methyl sites for hydroxylation is 1. The van der Waals surface area contributed by atoms with Crippen molar-refractivity contribution in [1.82, 2.24) is 19.5 Å². The number of nitrogens with two attached hydrogens (primary N) is 1. The number of anilines is 1. The summed E-state index contributed by atoms with van der Waals surface area (Å²) in [5.41, 5.74) is 7.76. The fraction of sp³-hybridized carbons (Fsp3) is 0.105. The number of benzene rings is 2. The first-order valence-electron chi connectivity index (χ1n) is 7.92. The number of para-hydroxylation sites is 1. The Morgan fingerprint density at radius 3 is 2.80 bits per heavy atom. The van der Waals surface area contributed by atoms with Gasteiger partial charge in [0.1, 0.15) is 24.0 Å². The molecule has 0 saturated heterocycles. The Morgan fingerprint density at radius 2 is 1.96 bits per heavy atom. The molecule has 2 N–H and O–H groups in total. The van der Waals surface area contributed by atoms with Crippen LogP contribution in [-0.4, -0.2) is 19.5 Å². The van der Waals surface area contributed by atoms with Gasteiger partial charge in [-0.3, -0.25) is 0 Å². The molecule has 0 radical (unpaired) electrons. The number of nitrogens with zero attached hydrogens (tertiary/aromatic N) is 4. The van der Waals surface area contributed by atoms with Crippen LogP contribution in [0.25, 0.3) is 22.3 Å². The number of nitrogen functional groups attached to an aromatic ring is 1. The molecule has 0 bridgehead atoms. The van der Waals surface area contributed by atoms with E-state index in [1.807, 2.05) is 66.3 Å². The molecular weight excluding hydrogens is 314 g/mol. The van der Waals surface area contributed by atoms with Crippen LogP contribution in [0.15, 0.2) is 60.9 Å².